The van der Waals surface area contributed by atoms with E-state index in [0.29, 0.717) is 12.3 Å². The number of thiophene rings is 1. The molecule has 3 aliphatic heterocycles. The third-order valence-corrected chi connectivity index (χ3v) is 7.00. The Hall–Kier alpha value is -2.01. The summed E-state index contributed by atoms with van der Waals surface area (Å²) in [6.45, 7) is 3.34. The fourth-order valence-corrected chi connectivity index (χ4v) is 5.35. The van der Waals surface area contributed by atoms with Crippen molar-refractivity contribution in [2.45, 2.75) is 38.5 Å². The van der Waals surface area contributed by atoms with E-state index in [1.165, 1.54) is 16.7 Å². The second-order valence-corrected chi connectivity index (χ2v) is 8.83. The van der Waals surface area contributed by atoms with Crippen molar-refractivity contribution in [1.29, 1.82) is 0 Å². The first-order valence-corrected chi connectivity index (χ1v) is 10.9. The Bertz CT molecular complexity index is 805. The molecule has 0 saturated carbocycles. The molecule has 0 N–H and O–H groups in total. The number of ether oxygens (including phenoxy) is 2. The number of hydrogen-bond acceptors (Lipinski definition) is 4. The summed E-state index contributed by atoms with van der Waals surface area (Å²) in [5.74, 6) is 3.11. The van der Waals surface area contributed by atoms with Crippen LogP contribution in [-0.2, 0) is 30.5 Å². The molecule has 5 rings (SSSR count). The van der Waals surface area contributed by atoms with Gasteiger partial charge in [-0.15, -0.1) is 11.3 Å². The van der Waals surface area contributed by atoms with Crippen LogP contribution in [0.3, 0.4) is 0 Å². The van der Waals surface area contributed by atoms with Crippen LogP contribution in [0.2, 0.25) is 0 Å². The minimum Gasteiger partial charge on any atom is -0.493 e. The van der Waals surface area contributed by atoms with Crippen molar-refractivity contribution in [3.8, 4) is 11.5 Å². The number of rotatable bonds is 4. The lowest BCUT2D eigenvalue weighted by Gasteiger charge is -2.32. The summed E-state index contributed by atoms with van der Waals surface area (Å²) in [4.78, 5) is 15.7. The smallest absolute Gasteiger partial charge is 0.227 e. The van der Waals surface area contributed by atoms with Gasteiger partial charge in [0.2, 0.25) is 5.91 Å². The van der Waals surface area contributed by atoms with Crippen LogP contribution < -0.4 is 9.47 Å². The van der Waals surface area contributed by atoms with E-state index < -0.39 is 0 Å². The number of carbonyl (C=O) groups excluding carboxylic acids is 1. The number of piperidine rings is 1. The molecule has 4 heterocycles. The molecule has 0 atom stereocenters. The number of fused-ring (bicyclic) bond motifs is 2. The molecule has 27 heavy (non-hydrogen) atoms. The van der Waals surface area contributed by atoms with Gasteiger partial charge in [-0.05, 0) is 42.7 Å². The summed E-state index contributed by atoms with van der Waals surface area (Å²) in [5, 5.41) is 2.04. The minimum atomic E-state index is 0.272. The van der Waals surface area contributed by atoms with Crippen LogP contribution in [0.1, 0.15) is 34.4 Å². The molecule has 1 aromatic carbocycles. The fourth-order valence-electron chi connectivity index (χ4n) is 4.65. The molecule has 1 saturated heterocycles. The van der Waals surface area contributed by atoms with Crippen molar-refractivity contribution in [2.75, 3.05) is 26.3 Å². The summed E-state index contributed by atoms with van der Waals surface area (Å²) < 4.78 is 11.8. The molecule has 4 nitrogen and oxygen atoms in total. The van der Waals surface area contributed by atoms with Crippen molar-refractivity contribution in [3.05, 3.63) is 45.1 Å². The van der Waals surface area contributed by atoms with Gasteiger partial charge < -0.3 is 14.4 Å². The number of benzene rings is 1. The number of nitrogens with zero attached hydrogens (tertiary/aromatic N) is 1. The van der Waals surface area contributed by atoms with Gasteiger partial charge in [0.1, 0.15) is 11.5 Å². The molecule has 1 aromatic heterocycles. The largest absolute Gasteiger partial charge is 0.493 e. The summed E-state index contributed by atoms with van der Waals surface area (Å²) in [7, 11) is 0. The van der Waals surface area contributed by atoms with Gasteiger partial charge in [0.25, 0.3) is 0 Å². The molecule has 0 aliphatic carbocycles. The SMILES string of the molecule is O=C(Cc1cccs1)N1CCC(Cc2c3c(cc4c2OCC4)OCC3)CC1. The van der Waals surface area contributed by atoms with Gasteiger partial charge in [-0.2, -0.15) is 0 Å². The van der Waals surface area contributed by atoms with E-state index in [4.69, 9.17) is 9.47 Å². The Morgan fingerprint density at radius 3 is 2.85 bits per heavy atom. The maximum Gasteiger partial charge on any atom is 0.227 e. The van der Waals surface area contributed by atoms with Crippen LogP contribution in [0.15, 0.2) is 23.6 Å². The standard InChI is InChI=1S/C22H25NO3S/c24-21(14-17-2-1-11-27-17)23-7-3-15(4-8-23)12-19-18-6-10-25-20(18)13-16-5-9-26-22(16)19/h1-2,11,13,15H,3-10,12,14H2. The highest BCUT2D eigenvalue weighted by molar-refractivity contribution is 7.10. The predicted molar refractivity (Wildman–Crippen MR) is 106 cm³/mol. The third kappa shape index (κ3) is 3.33. The van der Waals surface area contributed by atoms with Gasteiger partial charge in [-0.3, -0.25) is 4.79 Å². The summed E-state index contributed by atoms with van der Waals surface area (Å²) in [6, 6.07) is 6.26. The van der Waals surface area contributed by atoms with E-state index in [2.05, 4.69) is 11.0 Å². The molecule has 2 aromatic rings. The van der Waals surface area contributed by atoms with Crippen molar-refractivity contribution in [2.24, 2.45) is 5.92 Å². The highest BCUT2D eigenvalue weighted by atomic mass is 32.1. The van der Waals surface area contributed by atoms with Crippen molar-refractivity contribution in [3.63, 3.8) is 0 Å². The summed E-state index contributed by atoms with van der Waals surface area (Å²) >= 11 is 1.67. The molecular formula is C22H25NO3S. The lowest BCUT2D eigenvalue weighted by Crippen LogP contribution is -2.39. The molecule has 1 fully saturated rings. The minimum absolute atomic E-state index is 0.272. The average molecular weight is 384 g/mol. The molecule has 0 spiro atoms. The molecule has 5 heteroatoms. The Balaban J connectivity index is 1.25. The van der Waals surface area contributed by atoms with Gasteiger partial charge >= 0.3 is 0 Å². The van der Waals surface area contributed by atoms with Crippen molar-refractivity contribution < 1.29 is 14.3 Å². The predicted octanol–water partition coefficient (Wildman–Crippen LogP) is 3.64. The zero-order valence-corrected chi connectivity index (χ0v) is 16.4. The Labute approximate surface area is 164 Å². The van der Waals surface area contributed by atoms with Gasteiger partial charge in [0.05, 0.1) is 19.6 Å². The van der Waals surface area contributed by atoms with Gasteiger partial charge in [-0.25, -0.2) is 0 Å². The monoisotopic (exact) mass is 383 g/mol. The lowest BCUT2D eigenvalue weighted by atomic mass is 9.86. The lowest BCUT2D eigenvalue weighted by molar-refractivity contribution is -0.131. The van der Waals surface area contributed by atoms with E-state index in [1.807, 2.05) is 17.5 Å². The number of amides is 1. The Kier molecular flexibility index (Phi) is 4.56. The van der Waals surface area contributed by atoms with Crippen molar-refractivity contribution >= 4 is 17.2 Å². The summed E-state index contributed by atoms with van der Waals surface area (Å²) in [6.07, 6.45) is 5.76. The number of hydrogen-bond donors (Lipinski definition) is 0. The van der Waals surface area contributed by atoms with Crippen LogP contribution in [0.5, 0.6) is 11.5 Å². The van der Waals surface area contributed by atoms with E-state index in [0.717, 1.165) is 74.8 Å². The van der Waals surface area contributed by atoms with E-state index >= 15 is 0 Å². The molecule has 1 amide bonds. The van der Waals surface area contributed by atoms with Gasteiger partial charge in [0, 0.05) is 47.5 Å². The van der Waals surface area contributed by atoms with Crippen LogP contribution in [0, 0.1) is 5.92 Å². The second-order valence-electron chi connectivity index (χ2n) is 7.80. The molecule has 0 unspecified atom stereocenters. The number of likely N-dealkylation sites (tertiary alicyclic amines) is 1. The highest BCUT2D eigenvalue weighted by Crippen LogP contribution is 2.42. The molecule has 3 aliphatic rings. The average Bonchev–Trinajstić information content (AvgIpc) is 3.43. The quantitative estimate of drug-likeness (QED) is 0.809. The Morgan fingerprint density at radius 2 is 2.04 bits per heavy atom. The maximum absolute atomic E-state index is 12.5. The zero-order chi connectivity index (χ0) is 18.2. The first kappa shape index (κ1) is 17.1. The molecule has 0 bridgehead atoms. The Morgan fingerprint density at radius 1 is 1.19 bits per heavy atom. The van der Waals surface area contributed by atoms with E-state index in [1.54, 1.807) is 11.3 Å². The third-order valence-electron chi connectivity index (χ3n) is 6.13. The van der Waals surface area contributed by atoms with E-state index in [9.17, 15) is 4.79 Å². The topological polar surface area (TPSA) is 38.8 Å². The first-order valence-electron chi connectivity index (χ1n) is 10.0. The molecular weight excluding hydrogens is 358 g/mol. The molecule has 142 valence electrons. The zero-order valence-electron chi connectivity index (χ0n) is 15.5. The van der Waals surface area contributed by atoms with Crippen LogP contribution in [0.4, 0.5) is 0 Å². The van der Waals surface area contributed by atoms with Crippen LogP contribution in [-0.4, -0.2) is 37.1 Å². The van der Waals surface area contributed by atoms with Gasteiger partial charge in [0.15, 0.2) is 0 Å². The fraction of sp³-hybridized carbons (Fsp3) is 0.500. The first-order chi connectivity index (χ1) is 13.3. The normalized spacial score (nSPS) is 18.7. The number of carbonyl (C=O) groups is 1. The van der Waals surface area contributed by atoms with Crippen LogP contribution in [0.25, 0.3) is 0 Å². The van der Waals surface area contributed by atoms with Crippen LogP contribution >= 0.6 is 11.3 Å². The highest BCUT2D eigenvalue weighted by Gasteiger charge is 2.30. The maximum atomic E-state index is 12.5. The van der Waals surface area contributed by atoms with Crippen molar-refractivity contribution in [1.82, 2.24) is 4.90 Å². The van der Waals surface area contributed by atoms with Gasteiger partial charge in [-0.1, -0.05) is 6.07 Å². The second kappa shape index (κ2) is 7.19. The molecule has 0 radical (unpaired) electrons. The van der Waals surface area contributed by atoms with E-state index in [-0.39, 0.29) is 5.91 Å². The summed E-state index contributed by atoms with van der Waals surface area (Å²) in [5.41, 5.74) is 4.07.